The minimum Gasteiger partial charge on any atom is -0.327 e. The van der Waals surface area contributed by atoms with Gasteiger partial charge in [-0.1, -0.05) is 24.3 Å². The summed E-state index contributed by atoms with van der Waals surface area (Å²) >= 11 is 0. The van der Waals surface area contributed by atoms with E-state index in [1.54, 1.807) is 0 Å². The van der Waals surface area contributed by atoms with E-state index in [4.69, 9.17) is 4.98 Å². The van der Waals surface area contributed by atoms with Crippen molar-refractivity contribution < 1.29 is 4.57 Å². The summed E-state index contributed by atoms with van der Waals surface area (Å²) < 4.78 is 4.33. The first-order valence-electron chi connectivity index (χ1n) is 9.96. The molecule has 30 heavy (non-hydrogen) atoms. The van der Waals surface area contributed by atoms with Crippen molar-refractivity contribution in [3.05, 3.63) is 89.6 Å². The van der Waals surface area contributed by atoms with E-state index in [0.29, 0.717) is 5.56 Å². The number of hydrogen-bond donors (Lipinski definition) is 0. The fourth-order valence-electron chi connectivity index (χ4n) is 4.24. The molecule has 0 aliphatic carbocycles. The van der Waals surface area contributed by atoms with Gasteiger partial charge in [-0.3, -0.25) is 0 Å². The van der Waals surface area contributed by atoms with Gasteiger partial charge in [0, 0.05) is 48.7 Å². The van der Waals surface area contributed by atoms with Gasteiger partial charge in [-0.2, -0.15) is 9.83 Å². The van der Waals surface area contributed by atoms with Crippen molar-refractivity contribution in [3.8, 4) is 23.1 Å². The van der Waals surface area contributed by atoms with Crippen molar-refractivity contribution in [1.29, 1.82) is 5.26 Å². The quantitative estimate of drug-likeness (QED) is 0.392. The number of hydrogen-bond acceptors (Lipinski definition) is 2. The normalized spacial score (nSPS) is 11.1. The van der Waals surface area contributed by atoms with Crippen LogP contribution in [0.1, 0.15) is 16.8 Å². The SMILES string of the molecule is Cc1c(-c2nc3ccccc3n2C)cc(C#N)cc1-[n+]1c(C)ccc2ccccc21. The first-order valence-corrected chi connectivity index (χ1v) is 9.96. The molecule has 0 amide bonds. The Morgan fingerprint density at radius 3 is 2.50 bits per heavy atom. The molecule has 0 aliphatic heterocycles. The minimum atomic E-state index is 0.623. The number of fused-ring (bicyclic) bond motifs is 2. The van der Waals surface area contributed by atoms with Gasteiger partial charge in [-0.25, -0.2) is 4.98 Å². The molecule has 5 aromatic rings. The lowest BCUT2D eigenvalue weighted by Gasteiger charge is -2.11. The van der Waals surface area contributed by atoms with E-state index in [2.05, 4.69) is 59.4 Å². The highest BCUT2D eigenvalue weighted by atomic mass is 15.1. The largest absolute Gasteiger partial charge is 0.327 e. The van der Waals surface area contributed by atoms with E-state index in [9.17, 15) is 5.26 Å². The Hall–Kier alpha value is -3.97. The van der Waals surface area contributed by atoms with Crippen molar-refractivity contribution >= 4 is 21.9 Å². The molecule has 4 heteroatoms. The summed E-state index contributed by atoms with van der Waals surface area (Å²) in [5.74, 6) is 0.866. The zero-order chi connectivity index (χ0) is 20.8. The molecular weight excluding hydrogens is 368 g/mol. The predicted octanol–water partition coefficient (Wildman–Crippen LogP) is 5.16. The van der Waals surface area contributed by atoms with Gasteiger partial charge in [0.2, 0.25) is 11.2 Å². The molecule has 144 valence electrons. The number of benzene rings is 3. The number of nitriles is 1. The lowest BCUT2D eigenvalue weighted by molar-refractivity contribution is -0.574. The summed E-state index contributed by atoms with van der Waals surface area (Å²) in [6.45, 7) is 4.21. The van der Waals surface area contributed by atoms with Crippen molar-refractivity contribution in [2.24, 2.45) is 7.05 Å². The maximum atomic E-state index is 9.78. The number of rotatable bonds is 2. The molecule has 2 aromatic heterocycles. The Balaban J connectivity index is 1.86. The van der Waals surface area contributed by atoms with Crippen molar-refractivity contribution in [2.75, 3.05) is 0 Å². The fraction of sp³-hybridized carbons (Fsp3) is 0.115. The molecule has 0 saturated heterocycles. The molecule has 0 atom stereocenters. The van der Waals surface area contributed by atoms with Gasteiger partial charge in [-0.05, 0) is 37.3 Å². The predicted molar refractivity (Wildman–Crippen MR) is 119 cm³/mol. The zero-order valence-electron chi connectivity index (χ0n) is 17.2. The topological polar surface area (TPSA) is 45.5 Å². The van der Waals surface area contributed by atoms with Crippen LogP contribution in [0.5, 0.6) is 0 Å². The fourth-order valence-corrected chi connectivity index (χ4v) is 4.24. The molecule has 0 saturated carbocycles. The van der Waals surface area contributed by atoms with Gasteiger partial charge in [0.25, 0.3) is 0 Å². The third-order valence-corrected chi connectivity index (χ3v) is 5.81. The maximum absolute atomic E-state index is 9.78. The molecule has 0 fully saturated rings. The molecule has 3 aromatic carbocycles. The molecule has 0 spiro atoms. The van der Waals surface area contributed by atoms with Crippen LogP contribution in [0, 0.1) is 25.2 Å². The van der Waals surface area contributed by atoms with Gasteiger partial charge >= 0.3 is 0 Å². The highest BCUT2D eigenvalue weighted by Crippen LogP contribution is 2.30. The van der Waals surface area contributed by atoms with E-state index in [1.165, 1.54) is 0 Å². The Labute approximate surface area is 175 Å². The van der Waals surface area contributed by atoms with E-state index < -0.39 is 0 Å². The molecule has 5 rings (SSSR count). The molecule has 0 unspecified atom stereocenters. The van der Waals surface area contributed by atoms with Crippen molar-refractivity contribution in [3.63, 3.8) is 0 Å². The van der Waals surface area contributed by atoms with Crippen LogP contribution in [0.25, 0.3) is 39.0 Å². The average Bonchev–Trinajstić information content (AvgIpc) is 3.11. The van der Waals surface area contributed by atoms with E-state index in [1.807, 2.05) is 49.5 Å². The number of aryl methyl sites for hydroxylation is 2. The van der Waals surface area contributed by atoms with Gasteiger partial charge in [0.05, 0.1) is 22.7 Å². The number of pyridine rings is 1. The molecule has 0 aliphatic rings. The van der Waals surface area contributed by atoms with Crippen LogP contribution in [0.4, 0.5) is 0 Å². The molecular formula is C26H21N4+. The van der Waals surface area contributed by atoms with Gasteiger partial charge in [-0.15, -0.1) is 0 Å². The van der Waals surface area contributed by atoms with Crippen LogP contribution in [0.2, 0.25) is 0 Å². The number of imidazole rings is 1. The summed E-state index contributed by atoms with van der Waals surface area (Å²) in [5, 5.41) is 10.9. The Kier molecular flexibility index (Phi) is 4.11. The minimum absolute atomic E-state index is 0.623. The van der Waals surface area contributed by atoms with Crippen LogP contribution in [0.3, 0.4) is 0 Å². The van der Waals surface area contributed by atoms with E-state index >= 15 is 0 Å². The smallest absolute Gasteiger partial charge is 0.218 e. The van der Waals surface area contributed by atoms with Crippen LogP contribution in [-0.4, -0.2) is 9.55 Å². The number of para-hydroxylation sites is 3. The van der Waals surface area contributed by atoms with Crippen LogP contribution in [-0.2, 0) is 7.05 Å². The Morgan fingerprint density at radius 1 is 0.933 bits per heavy atom. The van der Waals surface area contributed by atoms with E-state index in [-0.39, 0.29) is 0 Å². The highest BCUT2D eigenvalue weighted by Gasteiger charge is 2.23. The summed E-state index contributed by atoms with van der Waals surface area (Å²) in [6.07, 6.45) is 0. The Morgan fingerprint density at radius 2 is 1.70 bits per heavy atom. The molecule has 0 bridgehead atoms. The molecule has 0 radical (unpaired) electrons. The zero-order valence-corrected chi connectivity index (χ0v) is 17.2. The summed E-state index contributed by atoms with van der Waals surface area (Å²) in [6, 6.07) is 27.0. The van der Waals surface area contributed by atoms with Crippen LogP contribution in [0.15, 0.2) is 72.8 Å². The van der Waals surface area contributed by atoms with Gasteiger partial charge in [0.1, 0.15) is 5.82 Å². The van der Waals surface area contributed by atoms with Gasteiger partial charge < -0.3 is 4.57 Å². The molecule has 2 heterocycles. The molecule has 4 nitrogen and oxygen atoms in total. The second kappa shape index (κ2) is 6.82. The summed E-state index contributed by atoms with van der Waals surface area (Å²) in [5.41, 5.74) is 7.95. The lowest BCUT2D eigenvalue weighted by Crippen LogP contribution is -2.36. The van der Waals surface area contributed by atoms with E-state index in [0.717, 1.165) is 50.3 Å². The third kappa shape index (κ3) is 2.67. The van der Waals surface area contributed by atoms with Crippen molar-refractivity contribution in [1.82, 2.24) is 9.55 Å². The number of aromatic nitrogens is 3. The second-order valence-corrected chi connectivity index (χ2v) is 7.63. The average molecular weight is 389 g/mol. The van der Waals surface area contributed by atoms with Crippen molar-refractivity contribution in [2.45, 2.75) is 13.8 Å². The number of nitrogens with zero attached hydrogens (tertiary/aromatic N) is 4. The first kappa shape index (κ1) is 18.1. The highest BCUT2D eigenvalue weighted by molar-refractivity contribution is 5.82. The monoisotopic (exact) mass is 389 g/mol. The third-order valence-electron chi connectivity index (χ3n) is 5.81. The lowest BCUT2D eigenvalue weighted by atomic mass is 10.0. The van der Waals surface area contributed by atoms with Gasteiger partial charge in [0.15, 0.2) is 5.69 Å². The summed E-state index contributed by atoms with van der Waals surface area (Å²) in [4.78, 5) is 4.88. The standard InChI is InChI=1S/C26H21N4/c1-17-12-13-20-8-4-6-10-23(20)30(17)25-15-19(16-27)14-21(18(25)2)26-28-22-9-5-7-11-24(22)29(26)3/h4-15H,1-3H3/q+1. The maximum Gasteiger partial charge on any atom is 0.218 e. The molecule has 0 N–H and O–H groups in total. The van der Waals surface area contributed by atoms with Crippen LogP contribution >= 0.6 is 0 Å². The van der Waals surface area contributed by atoms with Crippen LogP contribution < -0.4 is 4.57 Å². The second-order valence-electron chi connectivity index (χ2n) is 7.63. The Bertz CT molecular complexity index is 1490. The first-order chi connectivity index (χ1) is 14.6. The summed E-state index contributed by atoms with van der Waals surface area (Å²) in [7, 11) is 2.03.